The summed E-state index contributed by atoms with van der Waals surface area (Å²) >= 11 is 1.30. The monoisotopic (exact) mass is 318 g/mol. The van der Waals surface area contributed by atoms with E-state index in [1.165, 1.54) is 27.8 Å². The fourth-order valence-corrected chi connectivity index (χ4v) is 2.83. The van der Waals surface area contributed by atoms with E-state index < -0.39 is 5.97 Å². The van der Waals surface area contributed by atoms with Crippen LogP contribution < -0.4 is 5.32 Å². The minimum atomic E-state index is -1.02. The molecule has 0 aliphatic rings. The van der Waals surface area contributed by atoms with E-state index in [0.29, 0.717) is 19.4 Å². The van der Waals surface area contributed by atoms with Gasteiger partial charge in [-0.15, -0.1) is 11.3 Å². The van der Waals surface area contributed by atoms with Crippen LogP contribution in [-0.2, 0) is 17.6 Å². The number of hydrogen-bond donors (Lipinski definition) is 2. The molecule has 0 unspecified atom stereocenters. The van der Waals surface area contributed by atoms with Crippen LogP contribution in [0.2, 0.25) is 0 Å². The summed E-state index contributed by atoms with van der Waals surface area (Å²) in [6, 6.07) is 8.03. The molecule has 0 spiro atoms. The second-order valence-electron chi connectivity index (χ2n) is 4.96. The van der Waals surface area contributed by atoms with Crippen LogP contribution in [0, 0.1) is 6.92 Å². The van der Waals surface area contributed by atoms with Crippen molar-refractivity contribution in [2.45, 2.75) is 26.2 Å². The first kappa shape index (κ1) is 16.2. The summed E-state index contributed by atoms with van der Waals surface area (Å²) in [6.45, 7) is 2.51. The lowest BCUT2D eigenvalue weighted by atomic mass is 10.0. The molecule has 116 valence electrons. The molecule has 2 aromatic rings. The van der Waals surface area contributed by atoms with Gasteiger partial charge in [0.2, 0.25) is 5.91 Å². The van der Waals surface area contributed by atoms with Crippen LogP contribution in [0.25, 0.3) is 0 Å². The first-order valence-electron chi connectivity index (χ1n) is 7.05. The van der Waals surface area contributed by atoms with Gasteiger partial charge in [0.25, 0.3) is 0 Å². The third-order valence-electron chi connectivity index (χ3n) is 3.31. The number of nitrogens with zero attached hydrogens (tertiary/aromatic N) is 1. The smallest absolute Gasteiger partial charge is 0.355 e. The van der Waals surface area contributed by atoms with Crippen LogP contribution in [0.4, 0.5) is 0 Å². The summed E-state index contributed by atoms with van der Waals surface area (Å²) in [5, 5.41) is 13.9. The summed E-state index contributed by atoms with van der Waals surface area (Å²) < 4.78 is 0. The first-order chi connectivity index (χ1) is 10.6. The van der Waals surface area contributed by atoms with Gasteiger partial charge in [-0.25, -0.2) is 9.78 Å². The molecular formula is C16H18N2O3S. The molecule has 0 bridgehead atoms. The fraction of sp³-hybridized carbons (Fsp3) is 0.312. The van der Waals surface area contributed by atoms with E-state index >= 15 is 0 Å². The maximum atomic E-state index is 11.8. The molecule has 0 atom stereocenters. The van der Waals surface area contributed by atoms with Gasteiger partial charge in [0.1, 0.15) is 0 Å². The number of aryl methyl sites for hydroxylation is 2. The van der Waals surface area contributed by atoms with E-state index in [0.717, 1.165) is 11.4 Å². The van der Waals surface area contributed by atoms with Crippen LogP contribution in [0.3, 0.4) is 0 Å². The average Bonchev–Trinajstić information content (AvgIpc) is 2.95. The third-order valence-corrected chi connectivity index (χ3v) is 4.22. The van der Waals surface area contributed by atoms with Crippen molar-refractivity contribution in [3.05, 3.63) is 51.5 Å². The predicted molar refractivity (Wildman–Crippen MR) is 85.3 cm³/mol. The lowest BCUT2D eigenvalue weighted by Crippen LogP contribution is -2.25. The van der Waals surface area contributed by atoms with E-state index in [-0.39, 0.29) is 11.6 Å². The number of nitrogens with one attached hydrogen (secondary N) is 1. The van der Waals surface area contributed by atoms with Gasteiger partial charge in [-0.05, 0) is 24.5 Å². The molecule has 2 N–H and O–H groups in total. The minimum absolute atomic E-state index is 0.00160. The molecule has 0 saturated carbocycles. The zero-order valence-corrected chi connectivity index (χ0v) is 13.2. The normalized spacial score (nSPS) is 10.4. The van der Waals surface area contributed by atoms with Crippen LogP contribution in [0.15, 0.2) is 29.6 Å². The van der Waals surface area contributed by atoms with Gasteiger partial charge < -0.3 is 10.4 Å². The van der Waals surface area contributed by atoms with Crippen LogP contribution in [0.1, 0.15) is 33.0 Å². The molecule has 1 aromatic carbocycles. The number of hydrogen-bond acceptors (Lipinski definition) is 4. The Balaban J connectivity index is 1.71. The highest BCUT2D eigenvalue weighted by atomic mass is 32.1. The highest BCUT2D eigenvalue weighted by Crippen LogP contribution is 2.11. The van der Waals surface area contributed by atoms with Crippen molar-refractivity contribution in [3.8, 4) is 0 Å². The second kappa shape index (κ2) is 7.70. The summed E-state index contributed by atoms with van der Waals surface area (Å²) in [7, 11) is 0. The zero-order chi connectivity index (χ0) is 15.9. The topological polar surface area (TPSA) is 79.3 Å². The van der Waals surface area contributed by atoms with Crippen molar-refractivity contribution in [3.63, 3.8) is 0 Å². The average molecular weight is 318 g/mol. The predicted octanol–water partition coefficient (Wildman–Crippen LogP) is 2.44. The Bertz CT molecular complexity index is 667. The number of thiazole rings is 1. The third kappa shape index (κ3) is 4.66. The Morgan fingerprint density at radius 3 is 2.73 bits per heavy atom. The van der Waals surface area contributed by atoms with Crippen molar-refractivity contribution in [2.24, 2.45) is 0 Å². The van der Waals surface area contributed by atoms with Crippen LogP contribution in [0.5, 0.6) is 0 Å². The molecule has 1 aromatic heterocycles. The fourth-order valence-electron chi connectivity index (χ4n) is 2.06. The number of amides is 1. The van der Waals surface area contributed by atoms with E-state index in [9.17, 15) is 9.59 Å². The van der Waals surface area contributed by atoms with Crippen molar-refractivity contribution < 1.29 is 14.7 Å². The second-order valence-corrected chi connectivity index (χ2v) is 5.90. The number of carboxylic acids is 1. The Hall–Kier alpha value is -2.21. The molecule has 0 saturated heterocycles. The van der Waals surface area contributed by atoms with Crippen LogP contribution in [-0.4, -0.2) is 28.5 Å². The number of carboxylic acid groups (broad SMARTS) is 1. The number of benzene rings is 1. The summed E-state index contributed by atoms with van der Waals surface area (Å²) in [5.74, 6) is -1.02. The van der Waals surface area contributed by atoms with Gasteiger partial charge in [0.05, 0.1) is 5.01 Å². The number of carbonyl (C=O) groups is 2. The lowest BCUT2D eigenvalue weighted by Gasteiger charge is -2.06. The quantitative estimate of drug-likeness (QED) is 0.822. The van der Waals surface area contributed by atoms with Gasteiger partial charge >= 0.3 is 5.97 Å². The Morgan fingerprint density at radius 1 is 1.27 bits per heavy atom. The maximum Gasteiger partial charge on any atom is 0.355 e. The van der Waals surface area contributed by atoms with Gasteiger partial charge in [-0.2, -0.15) is 0 Å². The molecule has 2 rings (SSSR count). The molecule has 0 radical (unpaired) electrons. The lowest BCUT2D eigenvalue weighted by molar-refractivity contribution is -0.121. The van der Waals surface area contributed by atoms with E-state index in [1.807, 2.05) is 31.2 Å². The SMILES string of the molecule is Cc1ccccc1CCC(=O)NCCc1nc(C(=O)O)cs1. The summed E-state index contributed by atoms with van der Waals surface area (Å²) in [6.07, 6.45) is 1.72. The zero-order valence-electron chi connectivity index (χ0n) is 12.3. The van der Waals surface area contributed by atoms with Gasteiger partial charge in [0.15, 0.2) is 5.69 Å². The molecule has 1 heterocycles. The standard InChI is InChI=1S/C16H18N2O3S/c1-11-4-2-3-5-12(11)6-7-14(19)17-9-8-15-18-13(10-22-15)16(20)21/h2-5,10H,6-9H2,1H3,(H,17,19)(H,20,21). The Labute approximate surface area is 133 Å². The molecule has 0 aliphatic heterocycles. The van der Waals surface area contributed by atoms with Crippen molar-refractivity contribution in [1.82, 2.24) is 10.3 Å². The van der Waals surface area contributed by atoms with E-state index in [2.05, 4.69) is 10.3 Å². The number of aromatic nitrogens is 1. The number of aromatic carboxylic acids is 1. The van der Waals surface area contributed by atoms with Crippen molar-refractivity contribution in [2.75, 3.05) is 6.54 Å². The largest absolute Gasteiger partial charge is 0.476 e. The Morgan fingerprint density at radius 2 is 2.05 bits per heavy atom. The summed E-state index contributed by atoms with van der Waals surface area (Å²) in [5.41, 5.74) is 2.44. The first-order valence-corrected chi connectivity index (χ1v) is 7.93. The highest BCUT2D eigenvalue weighted by molar-refractivity contribution is 7.09. The van der Waals surface area contributed by atoms with Gasteiger partial charge in [0, 0.05) is 24.8 Å². The summed E-state index contributed by atoms with van der Waals surface area (Å²) in [4.78, 5) is 26.5. The van der Waals surface area contributed by atoms with Gasteiger partial charge in [-0.1, -0.05) is 24.3 Å². The van der Waals surface area contributed by atoms with E-state index in [4.69, 9.17) is 5.11 Å². The maximum absolute atomic E-state index is 11.8. The molecule has 0 aliphatic carbocycles. The van der Waals surface area contributed by atoms with Crippen molar-refractivity contribution >= 4 is 23.2 Å². The van der Waals surface area contributed by atoms with Gasteiger partial charge in [-0.3, -0.25) is 4.79 Å². The van der Waals surface area contributed by atoms with Crippen LogP contribution >= 0.6 is 11.3 Å². The minimum Gasteiger partial charge on any atom is -0.476 e. The number of rotatable bonds is 7. The molecule has 0 fully saturated rings. The molecular weight excluding hydrogens is 300 g/mol. The number of carbonyl (C=O) groups excluding carboxylic acids is 1. The molecule has 6 heteroatoms. The Kier molecular flexibility index (Phi) is 5.66. The molecule has 1 amide bonds. The molecule has 22 heavy (non-hydrogen) atoms. The van der Waals surface area contributed by atoms with Crippen molar-refractivity contribution in [1.29, 1.82) is 0 Å². The molecule has 5 nitrogen and oxygen atoms in total. The highest BCUT2D eigenvalue weighted by Gasteiger charge is 2.09. The van der Waals surface area contributed by atoms with E-state index in [1.54, 1.807) is 0 Å².